The number of hydrogen-bond donors (Lipinski definition) is 0. The third-order valence-corrected chi connectivity index (χ3v) is 4.77. The van der Waals surface area contributed by atoms with Crippen LogP contribution in [0.1, 0.15) is 40.9 Å². The number of nitrogens with zero attached hydrogens (tertiary/aromatic N) is 4. The first-order valence-electron chi connectivity index (χ1n) is 9.11. The minimum Gasteiger partial charge on any atom is -0.453 e. The molecule has 3 heterocycles. The highest BCUT2D eigenvalue weighted by Gasteiger charge is 2.29. The molecule has 0 unspecified atom stereocenters. The van der Waals surface area contributed by atoms with Crippen LogP contribution in [-0.4, -0.2) is 66.1 Å². The van der Waals surface area contributed by atoms with Gasteiger partial charge in [-0.05, 0) is 39.1 Å². The van der Waals surface area contributed by atoms with Gasteiger partial charge in [0, 0.05) is 51.6 Å². The Morgan fingerprint density at radius 1 is 1.42 bits per heavy atom. The number of piperidine rings is 1. The molecule has 0 bridgehead atoms. The molecule has 0 aromatic carbocycles. The van der Waals surface area contributed by atoms with Gasteiger partial charge >= 0.3 is 0 Å². The van der Waals surface area contributed by atoms with Gasteiger partial charge in [-0.1, -0.05) is 0 Å². The lowest BCUT2D eigenvalue weighted by Crippen LogP contribution is -2.39. The Hall–Kier alpha value is -2.12. The number of likely N-dealkylation sites (N-methyl/N-ethyl adjacent to an activating group) is 1. The van der Waals surface area contributed by atoms with Gasteiger partial charge in [0.15, 0.2) is 5.76 Å². The van der Waals surface area contributed by atoms with Gasteiger partial charge in [-0.2, -0.15) is 0 Å². The highest BCUT2D eigenvalue weighted by molar-refractivity contribution is 5.91. The number of rotatable bonds is 7. The number of amides is 1. The Morgan fingerprint density at radius 3 is 3.04 bits per heavy atom. The van der Waals surface area contributed by atoms with Crippen LogP contribution in [0.5, 0.6) is 0 Å². The molecule has 2 aromatic rings. The third-order valence-electron chi connectivity index (χ3n) is 4.77. The lowest BCUT2D eigenvalue weighted by molar-refractivity contribution is 0.0663. The molecular weight excluding hydrogens is 332 g/mol. The Balaban J connectivity index is 1.67. The molecule has 1 atom stereocenters. The van der Waals surface area contributed by atoms with E-state index < -0.39 is 0 Å². The number of imidazole rings is 1. The molecule has 1 fully saturated rings. The summed E-state index contributed by atoms with van der Waals surface area (Å²) in [5, 5.41) is 0. The van der Waals surface area contributed by atoms with E-state index in [9.17, 15) is 4.79 Å². The van der Waals surface area contributed by atoms with Crippen molar-refractivity contribution in [1.82, 2.24) is 19.4 Å². The topological polar surface area (TPSA) is 63.7 Å². The Labute approximate surface area is 154 Å². The van der Waals surface area contributed by atoms with E-state index in [1.165, 1.54) is 0 Å². The van der Waals surface area contributed by atoms with Gasteiger partial charge in [-0.25, -0.2) is 4.98 Å². The number of methoxy groups -OCH3 is 1. The molecule has 7 heteroatoms. The van der Waals surface area contributed by atoms with E-state index in [2.05, 4.69) is 28.5 Å². The zero-order valence-electron chi connectivity index (χ0n) is 15.9. The van der Waals surface area contributed by atoms with Crippen LogP contribution in [0.3, 0.4) is 0 Å². The molecule has 26 heavy (non-hydrogen) atoms. The quantitative estimate of drug-likeness (QED) is 0.757. The van der Waals surface area contributed by atoms with Crippen molar-refractivity contribution < 1.29 is 13.9 Å². The van der Waals surface area contributed by atoms with Gasteiger partial charge in [-0.3, -0.25) is 4.79 Å². The molecule has 0 N–H and O–H groups in total. The summed E-state index contributed by atoms with van der Waals surface area (Å²) in [5.74, 6) is 2.34. The monoisotopic (exact) mass is 360 g/mol. The number of hydrogen-bond acceptors (Lipinski definition) is 5. The van der Waals surface area contributed by atoms with Crippen LogP contribution >= 0.6 is 0 Å². The van der Waals surface area contributed by atoms with Gasteiger partial charge in [-0.15, -0.1) is 0 Å². The standard InChI is InChI=1S/C19H28N4O3/c1-21(2)11-12-22-10-8-20-18(22)15-5-4-9-23(13-15)19(24)17-7-6-16(26-17)14-25-3/h6-8,10,15H,4-5,9,11-14H2,1-3H3/t15-/m0/s1. The smallest absolute Gasteiger partial charge is 0.289 e. The summed E-state index contributed by atoms with van der Waals surface area (Å²) < 4.78 is 12.9. The molecule has 142 valence electrons. The van der Waals surface area contributed by atoms with Crippen LogP contribution in [-0.2, 0) is 17.9 Å². The fourth-order valence-corrected chi connectivity index (χ4v) is 3.42. The summed E-state index contributed by atoms with van der Waals surface area (Å²) in [6.45, 7) is 3.68. The number of aromatic nitrogens is 2. The number of carbonyl (C=O) groups is 1. The fourth-order valence-electron chi connectivity index (χ4n) is 3.42. The highest BCUT2D eigenvalue weighted by Crippen LogP contribution is 2.27. The average molecular weight is 360 g/mol. The van der Waals surface area contributed by atoms with Crippen molar-refractivity contribution in [1.29, 1.82) is 0 Å². The third kappa shape index (κ3) is 4.34. The predicted octanol–water partition coefficient (Wildman–Crippen LogP) is 2.20. The maximum absolute atomic E-state index is 12.8. The lowest BCUT2D eigenvalue weighted by Gasteiger charge is -2.32. The maximum Gasteiger partial charge on any atom is 0.289 e. The lowest BCUT2D eigenvalue weighted by atomic mass is 9.97. The van der Waals surface area contributed by atoms with Crippen molar-refractivity contribution >= 4 is 5.91 Å². The summed E-state index contributed by atoms with van der Waals surface area (Å²) in [5.41, 5.74) is 0. The van der Waals surface area contributed by atoms with Crippen LogP contribution in [0.4, 0.5) is 0 Å². The molecule has 1 amide bonds. The van der Waals surface area contributed by atoms with Crippen molar-refractivity contribution in [2.75, 3.05) is 40.8 Å². The molecule has 0 radical (unpaired) electrons. The molecular formula is C19H28N4O3. The van der Waals surface area contributed by atoms with E-state index in [0.29, 0.717) is 24.7 Å². The molecule has 1 aliphatic heterocycles. The molecule has 0 spiro atoms. The van der Waals surface area contributed by atoms with E-state index >= 15 is 0 Å². The van der Waals surface area contributed by atoms with E-state index in [0.717, 1.165) is 38.3 Å². The first kappa shape index (κ1) is 18.7. The van der Waals surface area contributed by atoms with Crippen molar-refractivity contribution in [3.63, 3.8) is 0 Å². The number of ether oxygens (including phenoxy) is 1. The minimum absolute atomic E-state index is 0.0524. The highest BCUT2D eigenvalue weighted by atomic mass is 16.5. The van der Waals surface area contributed by atoms with Crippen LogP contribution in [0, 0.1) is 0 Å². The Morgan fingerprint density at radius 2 is 2.27 bits per heavy atom. The van der Waals surface area contributed by atoms with Crippen molar-refractivity contribution in [3.8, 4) is 0 Å². The molecule has 7 nitrogen and oxygen atoms in total. The molecule has 2 aromatic heterocycles. The molecule has 0 aliphatic carbocycles. The summed E-state index contributed by atoms with van der Waals surface area (Å²) in [7, 11) is 5.75. The summed E-state index contributed by atoms with van der Waals surface area (Å²) >= 11 is 0. The van der Waals surface area contributed by atoms with Gasteiger partial charge in [0.05, 0.1) is 0 Å². The summed E-state index contributed by atoms with van der Waals surface area (Å²) in [4.78, 5) is 21.4. The van der Waals surface area contributed by atoms with Crippen molar-refractivity contribution in [2.24, 2.45) is 0 Å². The van der Waals surface area contributed by atoms with Crippen molar-refractivity contribution in [3.05, 3.63) is 41.9 Å². The molecule has 3 rings (SSSR count). The first-order valence-corrected chi connectivity index (χ1v) is 9.11. The van der Waals surface area contributed by atoms with E-state index in [4.69, 9.17) is 9.15 Å². The summed E-state index contributed by atoms with van der Waals surface area (Å²) in [6, 6.07) is 3.53. The normalized spacial score (nSPS) is 17.8. The van der Waals surface area contributed by atoms with Gasteiger partial charge in [0.2, 0.25) is 0 Å². The maximum atomic E-state index is 12.8. The minimum atomic E-state index is -0.0524. The Bertz CT molecular complexity index is 722. The number of carbonyl (C=O) groups excluding carboxylic acids is 1. The van der Waals surface area contributed by atoms with Gasteiger partial charge in [0.1, 0.15) is 18.2 Å². The number of furan rings is 1. The fraction of sp³-hybridized carbons (Fsp3) is 0.579. The van der Waals surface area contributed by atoms with Crippen LogP contribution < -0.4 is 0 Å². The zero-order chi connectivity index (χ0) is 18.5. The predicted molar refractivity (Wildman–Crippen MR) is 98.1 cm³/mol. The molecule has 1 saturated heterocycles. The zero-order valence-corrected chi connectivity index (χ0v) is 15.9. The van der Waals surface area contributed by atoms with Crippen LogP contribution in [0.15, 0.2) is 28.9 Å². The second-order valence-corrected chi connectivity index (χ2v) is 7.07. The van der Waals surface area contributed by atoms with Crippen molar-refractivity contribution in [2.45, 2.75) is 31.9 Å². The molecule has 0 saturated carbocycles. The second kappa shape index (κ2) is 8.51. The van der Waals surface area contributed by atoms with Crippen LogP contribution in [0.2, 0.25) is 0 Å². The van der Waals surface area contributed by atoms with E-state index in [-0.39, 0.29) is 11.8 Å². The van der Waals surface area contributed by atoms with Gasteiger partial charge < -0.3 is 23.5 Å². The SMILES string of the molecule is COCc1ccc(C(=O)N2CCC[C@H](c3nccn3CCN(C)C)C2)o1. The largest absolute Gasteiger partial charge is 0.453 e. The Kier molecular flexibility index (Phi) is 6.11. The molecule has 1 aliphatic rings. The van der Waals surface area contributed by atoms with Crippen LogP contribution in [0.25, 0.3) is 0 Å². The average Bonchev–Trinajstić information content (AvgIpc) is 3.29. The van der Waals surface area contributed by atoms with E-state index in [1.54, 1.807) is 19.2 Å². The first-order chi connectivity index (χ1) is 12.6. The van der Waals surface area contributed by atoms with Gasteiger partial charge in [0.25, 0.3) is 5.91 Å². The van der Waals surface area contributed by atoms with E-state index in [1.807, 2.05) is 17.3 Å². The second-order valence-electron chi connectivity index (χ2n) is 7.07. The number of likely N-dealkylation sites (tertiary alicyclic amines) is 1. The summed E-state index contributed by atoms with van der Waals surface area (Å²) in [6.07, 6.45) is 5.91.